The largest absolute Gasteiger partial charge is 0.338 e. The number of hydrogen-bond donors (Lipinski definition) is 1. The van der Waals surface area contributed by atoms with Gasteiger partial charge < -0.3 is 5.32 Å². The molecule has 3 heteroatoms. The fourth-order valence-electron chi connectivity index (χ4n) is 1.34. The van der Waals surface area contributed by atoms with E-state index in [9.17, 15) is 4.79 Å². The minimum absolute atomic E-state index is 0.127. The zero-order chi connectivity index (χ0) is 12.2. The van der Waals surface area contributed by atoms with Gasteiger partial charge in [0.25, 0.3) is 0 Å². The molecule has 1 rings (SSSR count). The Morgan fingerprint density at radius 2 is 1.94 bits per heavy atom. The van der Waals surface area contributed by atoms with Gasteiger partial charge in [0.15, 0.2) is 0 Å². The molecule has 0 fully saturated rings. The molecule has 1 aromatic carbocycles. The van der Waals surface area contributed by atoms with E-state index in [0.29, 0.717) is 0 Å². The van der Waals surface area contributed by atoms with E-state index in [2.05, 4.69) is 5.32 Å². The highest BCUT2D eigenvalue weighted by Gasteiger charge is 2.23. The fraction of sp³-hybridized carbons (Fsp3) is 0.385. The van der Waals surface area contributed by atoms with Crippen LogP contribution in [0.5, 0.6) is 0 Å². The first-order chi connectivity index (χ1) is 7.46. The van der Waals surface area contributed by atoms with E-state index in [1.54, 1.807) is 13.8 Å². The van der Waals surface area contributed by atoms with Crippen molar-refractivity contribution in [2.75, 3.05) is 0 Å². The first-order valence-corrected chi connectivity index (χ1v) is 5.24. The van der Waals surface area contributed by atoms with Crippen molar-refractivity contribution in [3.05, 3.63) is 35.9 Å². The number of benzene rings is 1. The molecule has 16 heavy (non-hydrogen) atoms. The van der Waals surface area contributed by atoms with E-state index < -0.39 is 5.54 Å². The summed E-state index contributed by atoms with van der Waals surface area (Å²) in [5.74, 6) is -0.369. The Hall–Kier alpha value is -1.82. The van der Waals surface area contributed by atoms with Crippen molar-refractivity contribution in [2.24, 2.45) is 0 Å². The van der Waals surface area contributed by atoms with E-state index in [0.717, 1.165) is 5.56 Å². The molecule has 0 saturated heterocycles. The normalized spacial score (nSPS) is 12.6. The van der Waals surface area contributed by atoms with Gasteiger partial charge >= 0.3 is 0 Å². The van der Waals surface area contributed by atoms with Crippen LogP contribution in [0.1, 0.15) is 32.3 Å². The third-order valence-corrected chi connectivity index (χ3v) is 2.41. The second-order valence-corrected chi connectivity index (χ2v) is 4.36. The summed E-state index contributed by atoms with van der Waals surface area (Å²) in [7, 11) is 0. The molecule has 3 nitrogen and oxygen atoms in total. The fourth-order valence-corrected chi connectivity index (χ4v) is 1.34. The average Bonchev–Trinajstić information content (AvgIpc) is 2.28. The first-order valence-electron chi connectivity index (χ1n) is 5.24. The Bertz CT molecular complexity index is 404. The Labute approximate surface area is 96.1 Å². The molecule has 0 heterocycles. The number of nitrogens with zero attached hydrogens (tertiary/aromatic N) is 1. The SMILES string of the molecule is CC(C(=O)NC(C)(C)C#N)c1ccccc1. The van der Waals surface area contributed by atoms with Crippen LogP contribution in [-0.2, 0) is 4.79 Å². The number of nitrogens with one attached hydrogen (secondary N) is 1. The summed E-state index contributed by atoms with van der Waals surface area (Å²) in [5, 5.41) is 11.5. The Balaban J connectivity index is 2.74. The maximum atomic E-state index is 11.9. The number of carbonyl (C=O) groups is 1. The van der Waals surface area contributed by atoms with Crippen molar-refractivity contribution in [1.29, 1.82) is 5.26 Å². The molecular formula is C13H16N2O. The number of hydrogen-bond acceptors (Lipinski definition) is 2. The van der Waals surface area contributed by atoms with Gasteiger partial charge in [0.2, 0.25) is 5.91 Å². The van der Waals surface area contributed by atoms with Gasteiger partial charge in [0, 0.05) is 0 Å². The minimum Gasteiger partial charge on any atom is -0.338 e. The molecule has 1 N–H and O–H groups in total. The molecule has 0 aromatic heterocycles. The molecule has 1 aromatic rings. The summed E-state index contributed by atoms with van der Waals surface area (Å²) < 4.78 is 0. The summed E-state index contributed by atoms with van der Waals surface area (Å²) in [5.41, 5.74) is 0.133. The third kappa shape index (κ3) is 3.09. The molecule has 0 spiro atoms. The van der Waals surface area contributed by atoms with E-state index in [1.807, 2.05) is 43.3 Å². The van der Waals surface area contributed by atoms with Crippen LogP contribution in [0.25, 0.3) is 0 Å². The van der Waals surface area contributed by atoms with Crippen LogP contribution in [0.4, 0.5) is 0 Å². The highest BCUT2D eigenvalue weighted by molar-refractivity contribution is 5.84. The third-order valence-electron chi connectivity index (χ3n) is 2.41. The van der Waals surface area contributed by atoms with Crippen molar-refractivity contribution in [1.82, 2.24) is 5.32 Å². The molecule has 1 unspecified atom stereocenters. The van der Waals surface area contributed by atoms with Gasteiger partial charge in [0.1, 0.15) is 5.54 Å². The quantitative estimate of drug-likeness (QED) is 0.842. The van der Waals surface area contributed by atoms with Crippen LogP contribution in [0.2, 0.25) is 0 Å². The zero-order valence-electron chi connectivity index (χ0n) is 9.82. The molecular weight excluding hydrogens is 200 g/mol. The van der Waals surface area contributed by atoms with E-state index in [1.165, 1.54) is 0 Å². The maximum Gasteiger partial charge on any atom is 0.228 e. The van der Waals surface area contributed by atoms with Gasteiger partial charge in [-0.3, -0.25) is 4.79 Å². The van der Waals surface area contributed by atoms with Gasteiger partial charge in [0.05, 0.1) is 12.0 Å². The molecule has 0 bridgehead atoms. The van der Waals surface area contributed by atoms with Crippen molar-refractivity contribution in [3.63, 3.8) is 0 Å². The predicted octanol–water partition coefficient (Wildman–Crippen LogP) is 2.21. The molecule has 1 atom stereocenters. The lowest BCUT2D eigenvalue weighted by molar-refractivity contribution is -0.123. The molecule has 84 valence electrons. The molecule has 0 aliphatic heterocycles. The van der Waals surface area contributed by atoms with Gasteiger partial charge in [-0.15, -0.1) is 0 Å². The van der Waals surface area contributed by atoms with E-state index in [-0.39, 0.29) is 11.8 Å². The lowest BCUT2D eigenvalue weighted by Crippen LogP contribution is -2.43. The lowest BCUT2D eigenvalue weighted by atomic mass is 9.98. The first kappa shape index (κ1) is 12.3. The summed E-state index contributed by atoms with van der Waals surface area (Å²) in [6, 6.07) is 11.6. The van der Waals surface area contributed by atoms with Gasteiger partial charge in [-0.05, 0) is 26.3 Å². The standard InChI is InChI=1S/C13H16N2O/c1-10(11-7-5-4-6-8-11)12(16)15-13(2,3)9-14/h4-8,10H,1-3H3,(H,15,16). The second-order valence-electron chi connectivity index (χ2n) is 4.36. The van der Waals surface area contributed by atoms with E-state index >= 15 is 0 Å². The minimum atomic E-state index is -0.819. The Morgan fingerprint density at radius 3 is 2.44 bits per heavy atom. The maximum absolute atomic E-state index is 11.9. The average molecular weight is 216 g/mol. The second kappa shape index (κ2) is 4.80. The lowest BCUT2D eigenvalue weighted by Gasteiger charge is -2.20. The molecule has 0 saturated carbocycles. The van der Waals surface area contributed by atoms with Crippen molar-refractivity contribution in [3.8, 4) is 6.07 Å². The topological polar surface area (TPSA) is 52.9 Å². The molecule has 0 aliphatic rings. The Morgan fingerprint density at radius 1 is 1.38 bits per heavy atom. The highest BCUT2D eigenvalue weighted by atomic mass is 16.2. The van der Waals surface area contributed by atoms with Crippen LogP contribution in [0.3, 0.4) is 0 Å². The summed E-state index contributed by atoms with van der Waals surface area (Å²) >= 11 is 0. The molecule has 0 radical (unpaired) electrons. The van der Waals surface area contributed by atoms with E-state index in [4.69, 9.17) is 5.26 Å². The monoisotopic (exact) mass is 216 g/mol. The number of amides is 1. The van der Waals surface area contributed by atoms with Crippen LogP contribution in [0, 0.1) is 11.3 Å². The predicted molar refractivity (Wildman–Crippen MR) is 62.7 cm³/mol. The summed E-state index contributed by atoms with van der Waals surface area (Å²) in [4.78, 5) is 11.9. The van der Waals surface area contributed by atoms with Crippen molar-refractivity contribution >= 4 is 5.91 Å². The van der Waals surface area contributed by atoms with Crippen LogP contribution >= 0.6 is 0 Å². The van der Waals surface area contributed by atoms with Crippen LogP contribution in [0.15, 0.2) is 30.3 Å². The highest BCUT2D eigenvalue weighted by Crippen LogP contribution is 2.15. The van der Waals surface area contributed by atoms with Crippen LogP contribution < -0.4 is 5.32 Å². The van der Waals surface area contributed by atoms with Crippen LogP contribution in [-0.4, -0.2) is 11.4 Å². The summed E-state index contributed by atoms with van der Waals surface area (Å²) in [6.07, 6.45) is 0. The number of carbonyl (C=O) groups excluding carboxylic acids is 1. The van der Waals surface area contributed by atoms with Crippen molar-refractivity contribution in [2.45, 2.75) is 32.2 Å². The van der Waals surface area contributed by atoms with Crippen molar-refractivity contribution < 1.29 is 4.79 Å². The van der Waals surface area contributed by atoms with Gasteiger partial charge in [-0.1, -0.05) is 30.3 Å². The number of rotatable bonds is 3. The molecule has 0 aliphatic carbocycles. The van der Waals surface area contributed by atoms with Gasteiger partial charge in [-0.25, -0.2) is 0 Å². The zero-order valence-corrected chi connectivity index (χ0v) is 9.82. The molecule has 1 amide bonds. The smallest absolute Gasteiger partial charge is 0.228 e. The number of nitriles is 1. The summed E-state index contributed by atoms with van der Waals surface area (Å²) in [6.45, 7) is 5.20. The Kier molecular flexibility index (Phi) is 3.68. The van der Waals surface area contributed by atoms with Gasteiger partial charge in [-0.2, -0.15) is 5.26 Å².